The van der Waals surface area contributed by atoms with E-state index in [0.717, 1.165) is 38.9 Å². The molecule has 6 aliphatic rings. The van der Waals surface area contributed by atoms with Gasteiger partial charge >= 0.3 is 0 Å². The summed E-state index contributed by atoms with van der Waals surface area (Å²) in [5, 5.41) is 30.0. The molecule has 0 radical (unpaired) electrons. The normalized spacial score (nSPS) is 34.1. The van der Waals surface area contributed by atoms with Crippen molar-refractivity contribution in [2.75, 3.05) is 13.2 Å². The Morgan fingerprint density at radius 3 is 1.15 bits per heavy atom. The lowest BCUT2D eigenvalue weighted by Crippen LogP contribution is -2.70. The number of amides is 1. The molecular formula is C86H105NO21. The first-order chi connectivity index (χ1) is 52.5. The van der Waals surface area contributed by atoms with Crippen LogP contribution in [0.25, 0.3) is 0 Å². The lowest BCUT2D eigenvalue weighted by Gasteiger charge is -2.53. The van der Waals surface area contributed by atoms with Gasteiger partial charge < -0.3 is 101 Å². The van der Waals surface area contributed by atoms with Gasteiger partial charge in [-0.15, -0.1) is 0 Å². The Morgan fingerprint density at radius 1 is 0.389 bits per heavy atom. The molecule has 3 N–H and O–H groups in total. The SMILES string of the molecule is CC(=O)NC1[C@H](C)OC2COC(C)(C)O[C@@H]2[C@@H]1O[C@@H]1OC(C)[C@H](OCc2ccccc2)[C@@H](O[C@@H]2OC(C)[C@H](OCc3ccccc3)[C@@H](OCc3ccccc3)C2O[C@@H]2OC(C)[C@H](OCc3ccccc3)[C@@H](O[C@H]3O[C@H](COCc4ccccc4)[C@@H](OCc4ccccc4)C(OCc4ccccc4)C3C)C2O)C1O. The summed E-state index contributed by atoms with van der Waals surface area (Å²) < 4.78 is 125. The fraction of sp³-hybridized carbons (Fsp3) is 0.500. The molecule has 6 heterocycles. The molecule has 0 aliphatic carbocycles. The number of hydrogen-bond donors (Lipinski definition) is 3. The molecule has 22 nitrogen and oxygen atoms in total. The lowest BCUT2D eigenvalue weighted by molar-refractivity contribution is -0.405. The number of aliphatic hydroxyl groups is 2. The average Bonchev–Trinajstić information content (AvgIpc) is 0.766. The van der Waals surface area contributed by atoms with E-state index in [1.165, 1.54) is 6.92 Å². The fourth-order valence-corrected chi connectivity index (χ4v) is 15.1. The second-order valence-electron chi connectivity index (χ2n) is 29.4. The van der Waals surface area contributed by atoms with Crippen molar-refractivity contribution < 1.29 is 100 Å². The number of aliphatic hydroxyl groups excluding tert-OH is 2. The molecule has 1 amide bonds. The van der Waals surface area contributed by atoms with Crippen molar-refractivity contribution in [3.63, 3.8) is 0 Å². The number of nitrogens with one attached hydrogen (secondary N) is 1. The Morgan fingerprint density at radius 2 is 0.731 bits per heavy atom. The third-order valence-electron chi connectivity index (χ3n) is 20.8. The molecule has 7 aromatic rings. The Kier molecular flexibility index (Phi) is 27.9. The zero-order valence-electron chi connectivity index (χ0n) is 62.7. The van der Waals surface area contributed by atoms with Crippen LogP contribution >= 0.6 is 0 Å². The maximum Gasteiger partial charge on any atom is 0.217 e. The summed E-state index contributed by atoms with van der Waals surface area (Å²) >= 11 is 0. The van der Waals surface area contributed by atoms with Crippen molar-refractivity contribution in [3.8, 4) is 0 Å². The maximum atomic E-state index is 13.7. The predicted molar refractivity (Wildman–Crippen MR) is 395 cm³/mol. The van der Waals surface area contributed by atoms with E-state index < -0.39 is 159 Å². The van der Waals surface area contributed by atoms with Gasteiger partial charge in [-0.3, -0.25) is 4.79 Å². The highest BCUT2D eigenvalue weighted by atomic mass is 16.8. The van der Waals surface area contributed by atoms with Crippen LogP contribution in [-0.4, -0.2) is 182 Å². The summed E-state index contributed by atoms with van der Waals surface area (Å²) in [6.07, 6.45) is -24.3. The third kappa shape index (κ3) is 20.5. The molecule has 0 aromatic heterocycles. The number of rotatable bonds is 31. The summed E-state index contributed by atoms with van der Waals surface area (Å²) in [5.74, 6) is -1.96. The van der Waals surface area contributed by atoms with Gasteiger partial charge in [0.05, 0.1) is 96.0 Å². The minimum Gasteiger partial charge on any atom is -0.385 e. The molecule has 0 saturated carbocycles. The first-order valence-electron chi connectivity index (χ1n) is 37.9. The summed E-state index contributed by atoms with van der Waals surface area (Å²) in [6.45, 7) is 15.8. The van der Waals surface area contributed by atoms with E-state index in [0.29, 0.717) is 6.61 Å². The largest absolute Gasteiger partial charge is 0.385 e. The second-order valence-corrected chi connectivity index (χ2v) is 29.4. The summed E-state index contributed by atoms with van der Waals surface area (Å²) in [4.78, 5) is 13.1. The second kappa shape index (κ2) is 38.0. The summed E-state index contributed by atoms with van der Waals surface area (Å²) in [7, 11) is 0. The summed E-state index contributed by atoms with van der Waals surface area (Å²) in [6, 6.07) is 67.9. The Bertz CT molecular complexity index is 3790. The number of benzene rings is 7. The molecule has 0 bridgehead atoms. The van der Waals surface area contributed by atoms with Crippen molar-refractivity contribution in [3.05, 3.63) is 251 Å². The van der Waals surface area contributed by atoms with Gasteiger partial charge in [-0.1, -0.05) is 219 Å². The topological polar surface area (TPSA) is 236 Å². The van der Waals surface area contributed by atoms with Crippen LogP contribution < -0.4 is 5.32 Å². The van der Waals surface area contributed by atoms with Crippen LogP contribution in [0.4, 0.5) is 0 Å². The standard InChI is InChI=1S/C86H105NO21/c1-53-71(92-45-60-32-18-10-19-33-60)75(96-49-64-40-26-14-27-41-64)66(51-91-44-59-30-16-9-17-31-59)103-82(53)105-78-69(89)84(101-55(3)72(78)93-46-61-34-20-11-21-35-61)107-81-80(97-50-65-42-28-15-29-43-65)74(95-48-63-38-24-13-25-39-63)57(5)102-85(81)106-79-70(90)83(100-56(4)73(79)94-47-62-36-22-12-23-37-62)104-77-68(87-58(6)88)54(2)99-67-52-98-86(7,8)108-76(67)77/h9-43,53-57,66-85,89-90H,44-52H2,1-8H3,(H,87,88)/t53?,54-,55?,56?,57?,66+,67?,68?,69?,70?,71?,72-,73-,74-,75+,76-,77+,78-,79-,80+,81?,82+,83-,84-,85-/m0/s1. The van der Waals surface area contributed by atoms with Crippen molar-refractivity contribution in [1.29, 1.82) is 0 Å². The van der Waals surface area contributed by atoms with Crippen molar-refractivity contribution in [1.82, 2.24) is 5.32 Å². The highest BCUT2D eigenvalue weighted by molar-refractivity contribution is 5.73. The van der Waals surface area contributed by atoms with Crippen LogP contribution in [0.2, 0.25) is 0 Å². The molecular weight excluding hydrogens is 1380 g/mol. The Hall–Kier alpha value is -6.79. The molecule has 0 spiro atoms. The van der Waals surface area contributed by atoms with Crippen molar-refractivity contribution >= 4 is 5.91 Å². The van der Waals surface area contributed by atoms with Crippen LogP contribution in [0.15, 0.2) is 212 Å². The smallest absolute Gasteiger partial charge is 0.217 e. The van der Waals surface area contributed by atoms with Gasteiger partial charge in [0.25, 0.3) is 0 Å². The quantitative estimate of drug-likeness (QED) is 0.0366. The molecule has 6 saturated heterocycles. The minimum absolute atomic E-state index is 0.0685. The van der Waals surface area contributed by atoms with Gasteiger partial charge in [-0.2, -0.15) is 0 Å². The molecule has 7 aromatic carbocycles. The van der Waals surface area contributed by atoms with Crippen LogP contribution in [0, 0.1) is 5.92 Å². The number of carbonyl (C=O) groups excluding carboxylic acids is 1. The molecule has 13 rings (SSSR count). The Balaban J connectivity index is 0.869. The van der Waals surface area contributed by atoms with Gasteiger partial charge in [0.2, 0.25) is 5.91 Å². The van der Waals surface area contributed by atoms with E-state index in [4.69, 9.17) is 85.3 Å². The fourth-order valence-electron chi connectivity index (χ4n) is 15.1. The van der Waals surface area contributed by atoms with E-state index in [1.807, 2.05) is 247 Å². The van der Waals surface area contributed by atoms with Gasteiger partial charge in [0.15, 0.2) is 30.9 Å². The van der Waals surface area contributed by atoms with E-state index in [2.05, 4.69) is 5.32 Å². The first-order valence-corrected chi connectivity index (χ1v) is 37.9. The zero-order valence-corrected chi connectivity index (χ0v) is 62.7. The monoisotopic (exact) mass is 1490 g/mol. The number of ether oxygens (including phenoxy) is 18. The number of fused-ring (bicyclic) bond motifs is 1. The van der Waals surface area contributed by atoms with Gasteiger partial charge in [0, 0.05) is 12.8 Å². The molecule has 6 fully saturated rings. The molecule has 108 heavy (non-hydrogen) atoms. The highest BCUT2D eigenvalue weighted by Gasteiger charge is 2.59. The van der Waals surface area contributed by atoms with Crippen LogP contribution in [0.3, 0.4) is 0 Å². The molecule has 6 aliphatic heterocycles. The van der Waals surface area contributed by atoms with E-state index in [1.54, 1.807) is 13.8 Å². The minimum atomic E-state index is -1.66. The van der Waals surface area contributed by atoms with Crippen LogP contribution in [0.5, 0.6) is 0 Å². The average molecular weight is 1490 g/mol. The van der Waals surface area contributed by atoms with Crippen LogP contribution in [-0.2, 0) is 136 Å². The predicted octanol–water partition coefficient (Wildman–Crippen LogP) is 11.0. The van der Waals surface area contributed by atoms with E-state index >= 15 is 0 Å². The first kappa shape index (κ1) is 79.3. The maximum absolute atomic E-state index is 13.7. The lowest BCUT2D eigenvalue weighted by atomic mass is 9.91. The van der Waals surface area contributed by atoms with Crippen molar-refractivity contribution in [2.45, 2.75) is 255 Å². The van der Waals surface area contributed by atoms with Gasteiger partial charge in [0.1, 0.15) is 85.5 Å². The third-order valence-corrected chi connectivity index (χ3v) is 20.8. The molecule has 10 unspecified atom stereocenters. The summed E-state index contributed by atoms with van der Waals surface area (Å²) in [5.41, 5.74) is 6.34. The van der Waals surface area contributed by atoms with E-state index in [9.17, 15) is 15.0 Å². The molecule has 580 valence electrons. The highest BCUT2D eigenvalue weighted by Crippen LogP contribution is 2.42. The molecule has 22 heteroatoms. The van der Waals surface area contributed by atoms with Crippen LogP contribution in [0.1, 0.15) is 94.3 Å². The number of carbonyl (C=O) groups is 1. The van der Waals surface area contributed by atoms with Crippen molar-refractivity contribution in [2.24, 2.45) is 5.92 Å². The number of hydrogen-bond acceptors (Lipinski definition) is 21. The van der Waals surface area contributed by atoms with E-state index in [-0.39, 0.29) is 58.8 Å². The van der Waals surface area contributed by atoms with Gasteiger partial charge in [-0.05, 0) is 80.5 Å². The molecule has 25 atom stereocenters. The van der Waals surface area contributed by atoms with Gasteiger partial charge in [-0.25, -0.2) is 0 Å². The zero-order chi connectivity index (χ0) is 75.1. The Labute approximate surface area is 633 Å².